The lowest BCUT2D eigenvalue weighted by atomic mass is 9.47. The number of hydrogen-bond donors (Lipinski definition) is 3. The first-order chi connectivity index (χ1) is 11.4. The summed E-state index contributed by atoms with van der Waals surface area (Å²) in [6.07, 6.45) is 7.29. The fourth-order valence-electron chi connectivity index (χ4n) is 6.47. The minimum atomic E-state index is -0.0531. The molecule has 2 saturated carbocycles. The zero-order valence-corrected chi connectivity index (χ0v) is 14.6. The molecule has 0 spiro atoms. The zero-order chi connectivity index (χ0) is 17.1. The molecule has 0 bridgehead atoms. The third kappa shape index (κ3) is 2.06. The van der Waals surface area contributed by atoms with E-state index in [0.29, 0.717) is 36.3 Å². The molecule has 5 heteroatoms. The largest absolute Gasteiger partial charge is 0.506 e. The number of oxime groups is 1. The molecule has 24 heavy (non-hydrogen) atoms. The Labute approximate surface area is 143 Å². The summed E-state index contributed by atoms with van der Waals surface area (Å²) in [5.41, 5.74) is 1.50. The number of carbonyl (C=O) groups is 1. The molecule has 132 valence electrons. The van der Waals surface area contributed by atoms with Crippen LogP contribution in [0.5, 0.6) is 0 Å². The summed E-state index contributed by atoms with van der Waals surface area (Å²) in [5.74, 6) is 2.15. The van der Waals surface area contributed by atoms with Crippen molar-refractivity contribution in [1.82, 2.24) is 5.32 Å². The molecular formula is C19H28N2O3. The number of nitrogens with one attached hydrogen (secondary N) is 1. The summed E-state index contributed by atoms with van der Waals surface area (Å²) in [4.78, 5) is 11.9. The van der Waals surface area contributed by atoms with Crippen LogP contribution in [-0.4, -0.2) is 27.5 Å². The maximum atomic E-state index is 11.9. The predicted molar refractivity (Wildman–Crippen MR) is 90.9 cm³/mol. The van der Waals surface area contributed by atoms with Gasteiger partial charge in [-0.15, -0.1) is 0 Å². The van der Waals surface area contributed by atoms with Crippen LogP contribution >= 0.6 is 0 Å². The third-order valence-corrected chi connectivity index (χ3v) is 7.73. The summed E-state index contributed by atoms with van der Waals surface area (Å²) < 4.78 is 0. The number of rotatable bonds is 0. The highest BCUT2D eigenvalue weighted by atomic mass is 16.4. The Morgan fingerprint density at radius 3 is 2.62 bits per heavy atom. The molecule has 0 aromatic carbocycles. The van der Waals surface area contributed by atoms with Crippen molar-refractivity contribution in [3.05, 3.63) is 11.3 Å². The number of carbonyl (C=O) groups excluding carboxylic acids is 1. The first-order valence-electron chi connectivity index (χ1n) is 9.34. The van der Waals surface area contributed by atoms with Crippen molar-refractivity contribution in [2.45, 2.75) is 70.8 Å². The lowest BCUT2D eigenvalue weighted by Gasteiger charge is -2.60. The van der Waals surface area contributed by atoms with Crippen LogP contribution in [0, 0.1) is 23.2 Å². The third-order valence-electron chi connectivity index (χ3n) is 7.73. The molecule has 1 amide bonds. The van der Waals surface area contributed by atoms with E-state index < -0.39 is 0 Å². The van der Waals surface area contributed by atoms with E-state index in [0.717, 1.165) is 44.1 Å². The first-order valence-corrected chi connectivity index (χ1v) is 9.34. The molecule has 3 N–H and O–H groups in total. The number of fused-ring (bicyclic) bond motifs is 5. The second-order valence-electron chi connectivity index (χ2n) is 8.75. The molecule has 1 saturated heterocycles. The van der Waals surface area contributed by atoms with E-state index in [1.165, 1.54) is 0 Å². The van der Waals surface area contributed by atoms with Gasteiger partial charge >= 0.3 is 0 Å². The van der Waals surface area contributed by atoms with Gasteiger partial charge in [0.05, 0.1) is 0 Å². The number of nitrogens with zero attached hydrogens (tertiary/aromatic N) is 1. The van der Waals surface area contributed by atoms with E-state index in [1.54, 1.807) is 0 Å². The Balaban J connectivity index is 1.69. The molecule has 0 aromatic heterocycles. The van der Waals surface area contributed by atoms with Gasteiger partial charge in [0.2, 0.25) is 5.91 Å². The molecule has 0 radical (unpaired) electrons. The number of piperidine rings is 1. The number of aliphatic hydroxyl groups is 1. The number of hydrogen-bond acceptors (Lipinski definition) is 4. The Morgan fingerprint density at radius 2 is 1.88 bits per heavy atom. The van der Waals surface area contributed by atoms with Gasteiger partial charge < -0.3 is 15.6 Å². The van der Waals surface area contributed by atoms with E-state index in [-0.39, 0.29) is 22.6 Å². The van der Waals surface area contributed by atoms with Gasteiger partial charge in [0.1, 0.15) is 11.5 Å². The Kier molecular flexibility index (Phi) is 3.49. The van der Waals surface area contributed by atoms with Gasteiger partial charge in [0, 0.05) is 12.0 Å². The Hall–Kier alpha value is -1.52. The normalized spacial score (nSPS) is 46.8. The molecule has 3 fully saturated rings. The summed E-state index contributed by atoms with van der Waals surface area (Å²) in [6.45, 7) is 4.53. The predicted octanol–water partition coefficient (Wildman–Crippen LogP) is 3.53. The lowest BCUT2D eigenvalue weighted by Crippen LogP contribution is -2.62. The number of amides is 1. The molecule has 2 unspecified atom stereocenters. The zero-order valence-electron chi connectivity index (χ0n) is 14.6. The number of aliphatic hydroxyl groups excluding tert-OH is 1. The molecule has 4 rings (SSSR count). The van der Waals surface area contributed by atoms with Gasteiger partial charge in [-0.2, -0.15) is 0 Å². The molecule has 5 atom stereocenters. The minimum Gasteiger partial charge on any atom is -0.506 e. The van der Waals surface area contributed by atoms with Gasteiger partial charge in [-0.05, 0) is 80.6 Å². The minimum absolute atomic E-state index is 0.00394. The highest BCUT2D eigenvalue weighted by molar-refractivity contribution is 5.99. The second kappa shape index (κ2) is 5.24. The Morgan fingerprint density at radius 1 is 1.08 bits per heavy atom. The van der Waals surface area contributed by atoms with Crippen LogP contribution in [0.25, 0.3) is 0 Å². The molecule has 5 nitrogen and oxygen atoms in total. The van der Waals surface area contributed by atoms with Crippen LogP contribution in [0.1, 0.15) is 65.2 Å². The van der Waals surface area contributed by atoms with Crippen LogP contribution in [0.3, 0.4) is 0 Å². The maximum absolute atomic E-state index is 11.9. The van der Waals surface area contributed by atoms with Crippen molar-refractivity contribution in [3.8, 4) is 0 Å². The monoisotopic (exact) mass is 332 g/mol. The summed E-state index contributed by atoms with van der Waals surface area (Å²) in [5, 5.41) is 26.3. The van der Waals surface area contributed by atoms with Crippen molar-refractivity contribution in [2.24, 2.45) is 28.3 Å². The Bertz CT molecular complexity index is 641. The standard InChI is InChI=1S/C19H28N2O3/c1-18-9-8-15(21-24)17(23)14(18)4-3-11-12(18)7-10-19(2)13(11)5-6-16(22)20-19/h11-13,23-24H,3-10H2,1-2H3,(H,20,22)/b21-15-/t11-,12?,13?,18-,19+/m1/s1. The molecule has 3 aliphatic carbocycles. The highest BCUT2D eigenvalue weighted by Gasteiger charge is 2.57. The fourth-order valence-corrected chi connectivity index (χ4v) is 6.47. The summed E-state index contributed by atoms with van der Waals surface area (Å²) in [6, 6.07) is 0. The van der Waals surface area contributed by atoms with Gasteiger partial charge in [0.15, 0.2) is 0 Å². The smallest absolute Gasteiger partial charge is 0.220 e. The second-order valence-corrected chi connectivity index (χ2v) is 8.75. The van der Waals surface area contributed by atoms with Crippen molar-refractivity contribution in [2.75, 3.05) is 0 Å². The van der Waals surface area contributed by atoms with E-state index in [1.807, 2.05) is 0 Å². The quantitative estimate of drug-likeness (QED) is 0.469. The van der Waals surface area contributed by atoms with E-state index in [4.69, 9.17) is 5.21 Å². The van der Waals surface area contributed by atoms with Crippen molar-refractivity contribution in [1.29, 1.82) is 0 Å². The van der Waals surface area contributed by atoms with Crippen molar-refractivity contribution in [3.63, 3.8) is 0 Å². The fraction of sp³-hybridized carbons (Fsp3) is 0.789. The topological polar surface area (TPSA) is 81.9 Å². The summed E-state index contributed by atoms with van der Waals surface area (Å²) in [7, 11) is 0. The van der Waals surface area contributed by atoms with E-state index in [9.17, 15) is 9.90 Å². The van der Waals surface area contributed by atoms with E-state index >= 15 is 0 Å². The molecule has 1 aliphatic heterocycles. The lowest BCUT2D eigenvalue weighted by molar-refractivity contribution is -0.132. The van der Waals surface area contributed by atoms with Crippen LogP contribution in [0.4, 0.5) is 0 Å². The van der Waals surface area contributed by atoms with Crippen molar-refractivity contribution < 1.29 is 15.1 Å². The molecular weight excluding hydrogens is 304 g/mol. The number of allylic oxidation sites excluding steroid dienone is 2. The van der Waals surface area contributed by atoms with Crippen LogP contribution < -0.4 is 5.32 Å². The van der Waals surface area contributed by atoms with Crippen LogP contribution in [0.15, 0.2) is 16.5 Å². The van der Waals surface area contributed by atoms with Crippen LogP contribution in [0.2, 0.25) is 0 Å². The van der Waals surface area contributed by atoms with E-state index in [2.05, 4.69) is 24.3 Å². The average Bonchev–Trinajstić information content (AvgIpc) is 2.53. The summed E-state index contributed by atoms with van der Waals surface area (Å²) >= 11 is 0. The average molecular weight is 332 g/mol. The first kappa shape index (κ1) is 16.0. The molecule has 1 heterocycles. The van der Waals surface area contributed by atoms with Gasteiger partial charge in [0.25, 0.3) is 0 Å². The van der Waals surface area contributed by atoms with Gasteiger partial charge in [-0.3, -0.25) is 4.79 Å². The van der Waals surface area contributed by atoms with Crippen LogP contribution in [-0.2, 0) is 4.79 Å². The van der Waals surface area contributed by atoms with Crippen molar-refractivity contribution >= 4 is 11.6 Å². The van der Waals surface area contributed by atoms with Gasteiger partial charge in [-0.25, -0.2) is 0 Å². The maximum Gasteiger partial charge on any atom is 0.220 e. The SMILES string of the molecule is C[C@]12CC/C(=N/O)C(O)=C1CC[C@@H]1C2CC[C@]2(C)NC(=O)CCC12. The van der Waals surface area contributed by atoms with Gasteiger partial charge in [-0.1, -0.05) is 12.1 Å². The molecule has 0 aromatic rings. The molecule has 4 aliphatic rings. The highest BCUT2D eigenvalue weighted by Crippen LogP contribution is 2.61.